The number of anilines is 3. The first-order chi connectivity index (χ1) is 18.9. The molecule has 8 nitrogen and oxygen atoms in total. The molecule has 3 N–H and O–H groups in total. The Hall–Kier alpha value is -4.85. The number of amides is 2. The Morgan fingerprint density at radius 1 is 0.949 bits per heavy atom. The minimum Gasteiger partial charge on any atom is -0.497 e. The van der Waals surface area contributed by atoms with E-state index in [1.165, 1.54) is 5.56 Å². The van der Waals surface area contributed by atoms with Gasteiger partial charge in [0.15, 0.2) is 0 Å². The Morgan fingerprint density at radius 2 is 1.67 bits per heavy atom. The number of aryl methyl sites for hydroxylation is 2. The summed E-state index contributed by atoms with van der Waals surface area (Å²) < 4.78 is 6.94. The molecule has 0 radical (unpaired) electrons. The number of benzene rings is 3. The Morgan fingerprint density at radius 3 is 2.33 bits per heavy atom. The second-order valence-electron chi connectivity index (χ2n) is 9.52. The summed E-state index contributed by atoms with van der Waals surface area (Å²) in [6, 6.07) is 22.4. The van der Waals surface area contributed by atoms with Crippen LogP contribution in [0.3, 0.4) is 0 Å². The number of nitrogens with zero attached hydrogens (tertiary/aromatic N) is 2. The zero-order valence-electron chi connectivity index (χ0n) is 22.4. The van der Waals surface area contributed by atoms with Gasteiger partial charge in [-0.2, -0.15) is 5.10 Å². The highest BCUT2D eigenvalue weighted by Crippen LogP contribution is 2.38. The average molecular weight is 522 g/mol. The fourth-order valence-corrected chi connectivity index (χ4v) is 4.75. The molecule has 3 aromatic carbocycles. The van der Waals surface area contributed by atoms with E-state index < -0.39 is 6.04 Å². The van der Waals surface area contributed by atoms with E-state index in [2.05, 4.69) is 40.1 Å². The number of nitrogens with one attached hydrogen (secondary N) is 3. The second-order valence-corrected chi connectivity index (χ2v) is 9.52. The molecule has 1 aliphatic heterocycles. The van der Waals surface area contributed by atoms with Crippen LogP contribution in [0.15, 0.2) is 90.3 Å². The van der Waals surface area contributed by atoms with E-state index in [0.29, 0.717) is 39.8 Å². The molecule has 198 valence electrons. The standard InChI is InChI=1S/C31H31N5O3/c1-5-21-9-11-22(12-10-21)28-27(31(38)34-23-13-15-25(39-4)16-14-23)20(3)33-29-26(18-32-36(28)29)30(37)35-24-8-6-7-19(2)17-24/h6-18,28,33H,5H2,1-4H3,(H,34,38)(H,35,37). The van der Waals surface area contributed by atoms with E-state index in [1.807, 2.05) is 50.2 Å². The summed E-state index contributed by atoms with van der Waals surface area (Å²) in [7, 11) is 1.60. The molecule has 0 bridgehead atoms. The largest absolute Gasteiger partial charge is 0.497 e. The van der Waals surface area contributed by atoms with Gasteiger partial charge in [0.05, 0.1) is 18.9 Å². The fourth-order valence-electron chi connectivity index (χ4n) is 4.75. The van der Waals surface area contributed by atoms with Gasteiger partial charge in [-0.25, -0.2) is 4.68 Å². The summed E-state index contributed by atoms with van der Waals surface area (Å²) in [5.74, 6) is 0.688. The van der Waals surface area contributed by atoms with E-state index in [0.717, 1.165) is 17.5 Å². The normalized spacial score (nSPS) is 14.3. The molecule has 2 amide bonds. The Labute approximate surface area is 227 Å². The number of hydrogen-bond acceptors (Lipinski definition) is 5. The van der Waals surface area contributed by atoms with Gasteiger partial charge in [0.1, 0.15) is 23.2 Å². The zero-order valence-corrected chi connectivity index (χ0v) is 22.4. The van der Waals surface area contributed by atoms with Gasteiger partial charge in [0.25, 0.3) is 11.8 Å². The highest BCUT2D eigenvalue weighted by molar-refractivity contribution is 6.09. The summed E-state index contributed by atoms with van der Waals surface area (Å²) in [6.45, 7) is 5.91. The van der Waals surface area contributed by atoms with Crippen molar-refractivity contribution in [1.82, 2.24) is 9.78 Å². The fraction of sp³-hybridized carbons (Fsp3) is 0.194. The molecule has 39 heavy (non-hydrogen) atoms. The number of ether oxygens (including phenoxy) is 1. The van der Waals surface area contributed by atoms with E-state index in [1.54, 1.807) is 42.3 Å². The molecule has 1 aliphatic rings. The first kappa shape index (κ1) is 25.8. The molecule has 0 saturated carbocycles. The van der Waals surface area contributed by atoms with Crippen LogP contribution < -0.4 is 20.7 Å². The first-order valence-electron chi connectivity index (χ1n) is 12.9. The van der Waals surface area contributed by atoms with Gasteiger partial charge in [-0.1, -0.05) is 43.3 Å². The summed E-state index contributed by atoms with van der Waals surface area (Å²) in [6.07, 6.45) is 2.45. The SMILES string of the molecule is CCc1ccc(C2C(C(=O)Nc3ccc(OC)cc3)=C(C)Nc3c(C(=O)Nc4cccc(C)c4)cnn32)cc1. The van der Waals surface area contributed by atoms with Gasteiger partial charge in [0.2, 0.25) is 0 Å². The third-order valence-electron chi connectivity index (χ3n) is 6.84. The molecule has 0 aliphatic carbocycles. The van der Waals surface area contributed by atoms with Crippen molar-refractivity contribution in [3.63, 3.8) is 0 Å². The molecule has 0 saturated heterocycles. The summed E-state index contributed by atoms with van der Waals surface area (Å²) in [5.41, 5.74) is 6.02. The number of rotatable bonds is 7. The van der Waals surface area contributed by atoms with Crippen molar-refractivity contribution in [2.75, 3.05) is 23.1 Å². The van der Waals surface area contributed by atoms with Crippen molar-refractivity contribution in [3.05, 3.63) is 113 Å². The molecule has 8 heteroatoms. The van der Waals surface area contributed by atoms with Crippen molar-refractivity contribution >= 4 is 29.0 Å². The number of hydrogen-bond donors (Lipinski definition) is 3. The summed E-state index contributed by atoms with van der Waals surface area (Å²) >= 11 is 0. The third-order valence-corrected chi connectivity index (χ3v) is 6.84. The van der Waals surface area contributed by atoms with Crippen LogP contribution in [0.5, 0.6) is 5.75 Å². The van der Waals surface area contributed by atoms with Crippen molar-refractivity contribution in [2.24, 2.45) is 0 Å². The van der Waals surface area contributed by atoms with Gasteiger partial charge in [-0.05, 0) is 73.4 Å². The van der Waals surface area contributed by atoms with Crippen LogP contribution in [0.2, 0.25) is 0 Å². The van der Waals surface area contributed by atoms with Crippen LogP contribution in [-0.2, 0) is 11.2 Å². The Kier molecular flexibility index (Phi) is 7.19. The molecule has 1 unspecified atom stereocenters. The van der Waals surface area contributed by atoms with E-state index in [4.69, 9.17) is 4.74 Å². The van der Waals surface area contributed by atoms with Crippen LogP contribution in [-0.4, -0.2) is 28.7 Å². The van der Waals surface area contributed by atoms with E-state index in [-0.39, 0.29) is 11.8 Å². The highest BCUT2D eigenvalue weighted by atomic mass is 16.5. The van der Waals surface area contributed by atoms with E-state index in [9.17, 15) is 9.59 Å². The molecular formula is C31H31N5O3. The minimum atomic E-state index is -0.536. The lowest BCUT2D eigenvalue weighted by Crippen LogP contribution is -2.32. The minimum absolute atomic E-state index is 0.262. The smallest absolute Gasteiger partial charge is 0.261 e. The summed E-state index contributed by atoms with van der Waals surface area (Å²) in [5, 5.41) is 13.8. The van der Waals surface area contributed by atoms with Gasteiger partial charge in [-0.15, -0.1) is 0 Å². The molecule has 0 fully saturated rings. The van der Waals surface area contributed by atoms with Gasteiger partial charge < -0.3 is 20.7 Å². The van der Waals surface area contributed by atoms with Crippen LogP contribution >= 0.6 is 0 Å². The van der Waals surface area contributed by atoms with Crippen molar-refractivity contribution in [1.29, 1.82) is 0 Å². The van der Waals surface area contributed by atoms with Crippen molar-refractivity contribution in [2.45, 2.75) is 33.2 Å². The zero-order chi connectivity index (χ0) is 27.5. The van der Waals surface area contributed by atoms with Gasteiger partial charge in [0, 0.05) is 17.1 Å². The predicted molar refractivity (Wildman–Crippen MR) is 153 cm³/mol. The molecule has 1 atom stereocenters. The topological polar surface area (TPSA) is 97.3 Å². The van der Waals surface area contributed by atoms with Crippen molar-refractivity contribution in [3.8, 4) is 5.75 Å². The van der Waals surface area contributed by atoms with Gasteiger partial charge >= 0.3 is 0 Å². The van der Waals surface area contributed by atoms with Crippen LogP contribution in [0.25, 0.3) is 0 Å². The van der Waals surface area contributed by atoms with Crippen LogP contribution in [0.4, 0.5) is 17.2 Å². The number of fused-ring (bicyclic) bond motifs is 1. The first-order valence-corrected chi connectivity index (χ1v) is 12.9. The lowest BCUT2D eigenvalue weighted by Gasteiger charge is -2.30. The lowest BCUT2D eigenvalue weighted by atomic mass is 9.93. The molecule has 2 heterocycles. The number of aromatic nitrogens is 2. The maximum Gasteiger partial charge on any atom is 0.261 e. The van der Waals surface area contributed by atoms with Gasteiger partial charge in [-0.3, -0.25) is 9.59 Å². The third kappa shape index (κ3) is 5.27. The van der Waals surface area contributed by atoms with E-state index >= 15 is 0 Å². The monoisotopic (exact) mass is 521 g/mol. The van der Waals surface area contributed by atoms with Crippen LogP contribution in [0.1, 0.15) is 46.9 Å². The average Bonchev–Trinajstić information content (AvgIpc) is 3.36. The second kappa shape index (κ2) is 10.9. The number of carbonyl (C=O) groups excluding carboxylic acids is 2. The molecular weight excluding hydrogens is 490 g/mol. The van der Waals surface area contributed by atoms with Crippen LogP contribution in [0, 0.1) is 6.92 Å². The predicted octanol–water partition coefficient (Wildman–Crippen LogP) is 5.94. The maximum atomic E-state index is 13.7. The molecule has 5 rings (SSSR count). The number of allylic oxidation sites excluding steroid dienone is 1. The number of methoxy groups -OCH3 is 1. The Balaban J connectivity index is 1.52. The summed E-state index contributed by atoms with van der Waals surface area (Å²) in [4.78, 5) is 27.0. The molecule has 4 aromatic rings. The molecule has 1 aromatic heterocycles. The maximum absolute atomic E-state index is 13.7. The molecule has 0 spiro atoms. The quantitative estimate of drug-likeness (QED) is 0.280. The van der Waals surface area contributed by atoms with Crippen molar-refractivity contribution < 1.29 is 14.3 Å². The lowest BCUT2D eigenvalue weighted by molar-refractivity contribution is -0.113. The Bertz CT molecular complexity index is 1550. The highest BCUT2D eigenvalue weighted by Gasteiger charge is 2.35. The number of carbonyl (C=O) groups is 2.